The van der Waals surface area contributed by atoms with Crippen molar-refractivity contribution in [1.82, 2.24) is 15.5 Å². The maximum Gasteiger partial charge on any atom is 0.191 e. The zero-order valence-corrected chi connectivity index (χ0v) is 17.3. The highest BCUT2D eigenvalue weighted by atomic mass is 127. The smallest absolute Gasteiger partial charge is 0.191 e. The highest BCUT2D eigenvalue weighted by Gasteiger charge is 2.20. The Balaban J connectivity index is 0.00000264. The van der Waals surface area contributed by atoms with Crippen molar-refractivity contribution in [3.8, 4) is 0 Å². The first-order valence-corrected chi connectivity index (χ1v) is 9.18. The lowest BCUT2D eigenvalue weighted by molar-refractivity contribution is 0.317. The maximum absolute atomic E-state index is 4.73. The maximum atomic E-state index is 4.73. The van der Waals surface area contributed by atoms with Gasteiger partial charge in [0.15, 0.2) is 5.96 Å². The number of aliphatic imine (C=N–C) groups is 1. The number of benzene rings is 1. The molecule has 130 valence electrons. The quantitative estimate of drug-likeness (QED) is 0.221. The first kappa shape index (κ1) is 20.6. The molecule has 1 heterocycles. The summed E-state index contributed by atoms with van der Waals surface area (Å²) < 4.78 is 0. The van der Waals surface area contributed by atoms with Crippen LogP contribution >= 0.6 is 35.7 Å². The van der Waals surface area contributed by atoms with Gasteiger partial charge in [-0.3, -0.25) is 4.99 Å². The van der Waals surface area contributed by atoms with Crippen LogP contribution in [0.15, 0.2) is 40.2 Å². The van der Waals surface area contributed by atoms with E-state index < -0.39 is 0 Å². The average Bonchev–Trinajstić information content (AvgIpc) is 2.95. The molecular formula is C17H29IN4S. The molecule has 2 N–H and O–H groups in total. The summed E-state index contributed by atoms with van der Waals surface area (Å²) in [5, 5.41) is 6.76. The van der Waals surface area contributed by atoms with Gasteiger partial charge in [-0.05, 0) is 45.5 Å². The number of halogens is 1. The highest BCUT2D eigenvalue weighted by Crippen LogP contribution is 2.16. The van der Waals surface area contributed by atoms with Gasteiger partial charge in [0, 0.05) is 29.8 Å². The first-order valence-electron chi connectivity index (χ1n) is 8.20. The lowest BCUT2D eigenvalue weighted by Crippen LogP contribution is -2.39. The van der Waals surface area contributed by atoms with E-state index in [1.165, 1.54) is 24.3 Å². The third-order valence-corrected chi connectivity index (χ3v) is 4.90. The second-order valence-electron chi connectivity index (χ2n) is 5.58. The largest absolute Gasteiger partial charge is 0.357 e. The van der Waals surface area contributed by atoms with Crippen LogP contribution in [0.2, 0.25) is 0 Å². The highest BCUT2D eigenvalue weighted by molar-refractivity contribution is 14.0. The molecule has 23 heavy (non-hydrogen) atoms. The predicted molar refractivity (Wildman–Crippen MR) is 112 cm³/mol. The standard InChI is InChI=1S/C17H28N4S.HI/c1-3-18-17(20-14-15-8-7-12-21(15)2)19-11-13-22-16-9-5-4-6-10-16;/h4-6,9-10,15H,3,7-8,11-14H2,1-2H3,(H2,18,19,20);1H. The third-order valence-electron chi connectivity index (χ3n) is 3.88. The van der Waals surface area contributed by atoms with Gasteiger partial charge in [-0.15, -0.1) is 35.7 Å². The summed E-state index contributed by atoms with van der Waals surface area (Å²) in [5.74, 6) is 1.98. The first-order chi connectivity index (χ1) is 10.8. The van der Waals surface area contributed by atoms with E-state index in [-0.39, 0.29) is 24.0 Å². The van der Waals surface area contributed by atoms with Crippen LogP contribution in [0, 0.1) is 0 Å². The monoisotopic (exact) mass is 448 g/mol. The zero-order valence-electron chi connectivity index (χ0n) is 14.1. The van der Waals surface area contributed by atoms with Crippen LogP contribution in [0.5, 0.6) is 0 Å². The second kappa shape index (κ2) is 12.0. The molecule has 4 nitrogen and oxygen atoms in total. The van der Waals surface area contributed by atoms with Gasteiger partial charge in [0.1, 0.15) is 0 Å². The van der Waals surface area contributed by atoms with E-state index in [2.05, 4.69) is 59.8 Å². The molecule has 1 fully saturated rings. The summed E-state index contributed by atoms with van der Waals surface area (Å²) >= 11 is 1.87. The number of likely N-dealkylation sites (N-methyl/N-ethyl adjacent to an activating group) is 1. The van der Waals surface area contributed by atoms with Gasteiger partial charge in [0.05, 0.1) is 6.54 Å². The van der Waals surface area contributed by atoms with Crippen molar-refractivity contribution in [2.45, 2.75) is 30.7 Å². The molecule has 1 saturated heterocycles. The molecule has 1 unspecified atom stereocenters. The number of likely N-dealkylation sites (tertiary alicyclic amines) is 1. The van der Waals surface area contributed by atoms with E-state index in [0.29, 0.717) is 6.04 Å². The summed E-state index contributed by atoms with van der Waals surface area (Å²) in [7, 11) is 2.20. The molecule has 0 spiro atoms. The summed E-state index contributed by atoms with van der Waals surface area (Å²) in [5.41, 5.74) is 0. The minimum absolute atomic E-state index is 0. The van der Waals surface area contributed by atoms with Crippen molar-refractivity contribution < 1.29 is 0 Å². The molecule has 0 bridgehead atoms. The Morgan fingerprint density at radius 1 is 1.30 bits per heavy atom. The van der Waals surface area contributed by atoms with Crippen LogP contribution < -0.4 is 10.6 Å². The van der Waals surface area contributed by atoms with Crippen molar-refractivity contribution in [2.24, 2.45) is 4.99 Å². The SMILES string of the molecule is CCNC(=NCC1CCCN1C)NCCSc1ccccc1.I. The Hall–Kier alpha value is -0.470. The molecule has 1 aromatic rings. The second-order valence-corrected chi connectivity index (χ2v) is 6.75. The number of hydrogen-bond acceptors (Lipinski definition) is 3. The van der Waals surface area contributed by atoms with Crippen molar-refractivity contribution in [1.29, 1.82) is 0 Å². The number of guanidine groups is 1. The molecule has 2 rings (SSSR count). The molecule has 0 radical (unpaired) electrons. The normalized spacial score (nSPS) is 18.5. The molecule has 1 aliphatic heterocycles. The molecule has 0 aromatic heterocycles. The molecule has 6 heteroatoms. The summed E-state index contributed by atoms with van der Waals surface area (Å²) in [6.07, 6.45) is 2.57. The Kier molecular flexibility index (Phi) is 10.7. The van der Waals surface area contributed by atoms with Crippen LogP contribution in [0.1, 0.15) is 19.8 Å². The zero-order chi connectivity index (χ0) is 15.6. The molecular weight excluding hydrogens is 419 g/mol. The molecule has 0 amide bonds. The summed E-state index contributed by atoms with van der Waals surface area (Å²) in [4.78, 5) is 8.47. The van der Waals surface area contributed by atoms with E-state index in [1.54, 1.807) is 0 Å². The fourth-order valence-corrected chi connectivity index (χ4v) is 3.39. The van der Waals surface area contributed by atoms with Gasteiger partial charge in [0.2, 0.25) is 0 Å². The minimum atomic E-state index is 0. The Labute approximate surface area is 161 Å². The van der Waals surface area contributed by atoms with E-state index in [0.717, 1.165) is 31.3 Å². The van der Waals surface area contributed by atoms with Crippen LogP contribution in [0.3, 0.4) is 0 Å². The van der Waals surface area contributed by atoms with Crippen LogP contribution in [-0.2, 0) is 0 Å². The number of hydrogen-bond donors (Lipinski definition) is 2. The van der Waals surface area contributed by atoms with Crippen LogP contribution in [0.25, 0.3) is 0 Å². The third kappa shape index (κ3) is 7.76. The van der Waals surface area contributed by atoms with Crippen LogP contribution in [-0.4, -0.2) is 55.9 Å². The topological polar surface area (TPSA) is 39.7 Å². The molecule has 0 saturated carbocycles. The molecule has 1 aliphatic rings. The molecule has 1 atom stereocenters. The fourth-order valence-electron chi connectivity index (χ4n) is 2.60. The van der Waals surface area contributed by atoms with Crippen molar-refractivity contribution in [3.63, 3.8) is 0 Å². The van der Waals surface area contributed by atoms with Gasteiger partial charge >= 0.3 is 0 Å². The summed E-state index contributed by atoms with van der Waals surface area (Å²) in [6, 6.07) is 11.1. The van der Waals surface area contributed by atoms with Gasteiger partial charge in [0.25, 0.3) is 0 Å². The Morgan fingerprint density at radius 3 is 2.74 bits per heavy atom. The molecule has 0 aliphatic carbocycles. The number of nitrogens with one attached hydrogen (secondary N) is 2. The number of thioether (sulfide) groups is 1. The van der Waals surface area contributed by atoms with E-state index in [1.807, 2.05) is 11.8 Å². The van der Waals surface area contributed by atoms with Gasteiger partial charge in [-0.1, -0.05) is 18.2 Å². The van der Waals surface area contributed by atoms with Gasteiger partial charge in [-0.25, -0.2) is 0 Å². The summed E-state index contributed by atoms with van der Waals surface area (Å²) in [6.45, 7) is 6.03. The number of nitrogens with zero attached hydrogens (tertiary/aromatic N) is 2. The van der Waals surface area contributed by atoms with Crippen LogP contribution in [0.4, 0.5) is 0 Å². The lowest BCUT2D eigenvalue weighted by Gasteiger charge is -2.18. The van der Waals surface area contributed by atoms with Gasteiger partial charge in [-0.2, -0.15) is 0 Å². The van der Waals surface area contributed by atoms with E-state index in [4.69, 9.17) is 4.99 Å². The number of rotatable bonds is 7. The Bertz CT molecular complexity index is 455. The predicted octanol–water partition coefficient (Wildman–Crippen LogP) is 3.05. The van der Waals surface area contributed by atoms with Crippen molar-refractivity contribution in [3.05, 3.63) is 30.3 Å². The van der Waals surface area contributed by atoms with Crippen molar-refractivity contribution in [2.75, 3.05) is 39.0 Å². The van der Waals surface area contributed by atoms with Crippen molar-refractivity contribution >= 4 is 41.7 Å². The molecule has 1 aromatic carbocycles. The minimum Gasteiger partial charge on any atom is -0.357 e. The van der Waals surface area contributed by atoms with E-state index >= 15 is 0 Å². The fraction of sp³-hybridized carbons (Fsp3) is 0.588. The van der Waals surface area contributed by atoms with E-state index in [9.17, 15) is 0 Å². The Morgan fingerprint density at radius 2 is 2.09 bits per heavy atom. The average molecular weight is 448 g/mol. The lowest BCUT2D eigenvalue weighted by atomic mass is 10.2. The van der Waals surface area contributed by atoms with Gasteiger partial charge < -0.3 is 15.5 Å².